The van der Waals surface area contributed by atoms with Crippen molar-refractivity contribution in [1.29, 1.82) is 0 Å². The summed E-state index contributed by atoms with van der Waals surface area (Å²) in [5.74, 6) is 0. The van der Waals surface area contributed by atoms with Crippen LogP contribution >= 0.6 is 0 Å². The molecule has 0 aromatic heterocycles. The molecule has 32 heavy (non-hydrogen) atoms. The standard InChI is InChI=1S/C16H40O8Si8/c1-25-9-10-28(4)21-30(6)13-11-26(2,17-25)19-29(5)15-16-32(8,23-30)24-31(7,22-28)14-12-27(3,18-25)20-29/h9-16H2,1-8H3/t25-,26-,27-,28?,29?,30?,31?,32?/m1/s1. The third-order valence-corrected chi connectivity index (χ3v) is 46.5. The van der Waals surface area contributed by atoms with Crippen LogP contribution in [0.2, 0.25) is 101 Å². The Morgan fingerprint density at radius 3 is 0.438 bits per heavy atom. The molecule has 6 aliphatic rings. The van der Waals surface area contributed by atoms with Gasteiger partial charge in [0.25, 0.3) is 0 Å². The van der Waals surface area contributed by atoms with Gasteiger partial charge in [0, 0.05) is 0 Å². The molecule has 0 unspecified atom stereocenters. The van der Waals surface area contributed by atoms with Gasteiger partial charge in [0.1, 0.15) is 0 Å². The van der Waals surface area contributed by atoms with Crippen molar-refractivity contribution in [2.45, 2.75) is 101 Å². The Morgan fingerprint density at radius 1 is 0.250 bits per heavy atom. The van der Waals surface area contributed by atoms with Crippen molar-refractivity contribution in [2.75, 3.05) is 0 Å². The maximum absolute atomic E-state index is 7.14. The zero-order valence-corrected chi connectivity index (χ0v) is 28.9. The Labute approximate surface area is 201 Å². The average molecular weight is 585 g/mol. The summed E-state index contributed by atoms with van der Waals surface area (Å²) in [6, 6.07) is 6.85. The third-order valence-electron chi connectivity index (χ3n) is 7.59. The average Bonchev–Trinajstić information content (AvgIpc) is 2.58. The largest absolute Gasteiger partial charge is 0.416 e. The highest BCUT2D eigenvalue weighted by Crippen LogP contribution is 2.48. The van der Waals surface area contributed by atoms with Gasteiger partial charge >= 0.3 is 68.5 Å². The van der Waals surface area contributed by atoms with Crippen molar-refractivity contribution in [3.05, 3.63) is 0 Å². The number of rotatable bonds is 0. The van der Waals surface area contributed by atoms with Crippen molar-refractivity contribution in [3.63, 3.8) is 0 Å². The molecule has 0 aromatic carbocycles. The fourth-order valence-corrected chi connectivity index (χ4v) is 61.1. The van der Waals surface area contributed by atoms with Gasteiger partial charge in [-0.25, -0.2) is 0 Å². The van der Waals surface area contributed by atoms with Gasteiger partial charge in [0.15, 0.2) is 0 Å². The summed E-state index contributed by atoms with van der Waals surface area (Å²) in [4.78, 5) is 0. The van der Waals surface area contributed by atoms with E-state index >= 15 is 0 Å². The zero-order valence-electron chi connectivity index (χ0n) is 20.9. The first kappa shape index (κ1) is 25.1. The van der Waals surface area contributed by atoms with Crippen molar-refractivity contribution in [1.82, 2.24) is 0 Å². The van der Waals surface area contributed by atoms with E-state index in [2.05, 4.69) is 52.4 Å². The van der Waals surface area contributed by atoms with E-state index in [-0.39, 0.29) is 0 Å². The molecular formula is C16H40O8Si8. The first-order valence-corrected chi connectivity index (χ1v) is 32.3. The Hall–Kier alpha value is 1.42. The molecule has 6 heterocycles. The van der Waals surface area contributed by atoms with Crippen LogP contribution in [-0.4, -0.2) is 68.5 Å². The molecule has 8 nitrogen and oxygen atoms in total. The van der Waals surface area contributed by atoms with Gasteiger partial charge < -0.3 is 32.9 Å². The fraction of sp³-hybridized carbons (Fsp3) is 1.00. The lowest BCUT2D eigenvalue weighted by Crippen LogP contribution is -2.73. The molecule has 6 saturated heterocycles. The lowest BCUT2D eigenvalue weighted by atomic mass is 10.9. The van der Waals surface area contributed by atoms with E-state index in [4.69, 9.17) is 32.9 Å². The van der Waals surface area contributed by atoms with Crippen LogP contribution in [0.25, 0.3) is 0 Å². The van der Waals surface area contributed by atoms with E-state index in [1.165, 1.54) is 0 Å². The van der Waals surface area contributed by atoms with Gasteiger partial charge in [-0.2, -0.15) is 0 Å². The van der Waals surface area contributed by atoms with Crippen LogP contribution in [0.1, 0.15) is 0 Å². The number of hydrogen-bond donors (Lipinski definition) is 0. The van der Waals surface area contributed by atoms with Crippen LogP contribution in [-0.2, 0) is 32.9 Å². The van der Waals surface area contributed by atoms with E-state index in [9.17, 15) is 0 Å². The monoisotopic (exact) mass is 584 g/mol. The highest BCUT2D eigenvalue weighted by Gasteiger charge is 2.65. The van der Waals surface area contributed by atoms with Gasteiger partial charge in [-0.15, -0.1) is 0 Å². The van der Waals surface area contributed by atoms with Crippen LogP contribution < -0.4 is 0 Å². The second-order valence-corrected chi connectivity index (χ2v) is 40.6. The van der Waals surface area contributed by atoms with Gasteiger partial charge in [-0.05, 0) is 101 Å². The minimum absolute atomic E-state index is 0.857. The van der Waals surface area contributed by atoms with Crippen LogP contribution in [0.4, 0.5) is 0 Å². The van der Waals surface area contributed by atoms with E-state index in [0.717, 1.165) is 48.4 Å². The van der Waals surface area contributed by atoms with Crippen molar-refractivity contribution in [2.24, 2.45) is 0 Å². The van der Waals surface area contributed by atoms with E-state index in [1.54, 1.807) is 0 Å². The summed E-state index contributed by atoms with van der Waals surface area (Å²) >= 11 is 0. The molecule has 0 aromatic rings. The van der Waals surface area contributed by atoms with Crippen molar-refractivity contribution >= 4 is 68.5 Å². The van der Waals surface area contributed by atoms with Crippen LogP contribution in [0.3, 0.4) is 0 Å². The normalized spacial score (nSPS) is 60.8. The topological polar surface area (TPSA) is 73.8 Å². The Kier molecular flexibility index (Phi) is 5.86. The molecule has 6 rings (SSSR count). The molecule has 6 aliphatic heterocycles. The molecule has 8 bridgehead atoms. The lowest BCUT2D eigenvalue weighted by molar-refractivity contribution is 0.195. The minimum atomic E-state index is -2.54. The summed E-state index contributed by atoms with van der Waals surface area (Å²) in [6.07, 6.45) is 0. The molecule has 0 spiro atoms. The summed E-state index contributed by atoms with van der Waals surface area (Å²) in [6.45, 7) is 17.9. The molecule has 0 saturated carbocycles. The second kappa shape index (κ2) is 7.48. The van der Waals surface area contributed by atoms with Gasteiger partial charge in [-0.3, -0.25) is 0 Å². The van der Waals surface area contributed by atoms with Gasteiger partial charge in [-0.1, -0.05) is 0 Å². The lowest BCUT2D eigenvalue weighted by Gasteiger charge is -2.57. The molecule has 0 atom stereocenters. The SMILES string of the molecule is C[Si]12CC[Si]3(C)O[Si@]4(C)CC[Si](C)(O1)O[Si]1(C)CC[Si@@](C)(O4)O[Si@@](C)(CC[Si](C)(O2)O1)O3. The quantitative estimate of drug-likeness (QED) is 0.377. The maximum atomic E-state index is 7.14. The Bertz CT molecular complexity index is 592. The molecule has 0 radical (unpaired) electrons. The molecule has 184 valence electrons. The van der Waals surface area contributed by atoms with Crippen molar-refractivity contribution < 1.29 is 32.9 Å². The van der Waals surface area contributed by atoms with Crippen LogP contribution in [0.5, 0.6) is 0 Å². The van der Waals surface area contributed by atoms with Crippen molar-refractivity contribution in [3.8, 4) is 0 Å². The van der Waals surface area contributed by atoms with E-state index in [0.29, 0.717) is 0 Å². The molecule has 16 heteroatoms. The first-order chi connectivity index (χ1) is 14.5. The summed E-state index contributed by atoms with van der Waals surface area (Å²) in [5, 5.41) is 0. The molecule has 0 amide bonds. The summed E-state index contributed by atoms with van der Waals surface area (Å²) < 4.78 is 57.1. The van der Waals surface area contributed by atoms with E-state index < -0.39 is 68.5 Å². The van der Waals surface area contributed by atoms with Gasteiger partial charge in [0.05, 0.1) is 0 Å². The van der Waals surface area contributed by atoms with Crippen LogP contribution in [0.15, 0.2) is 0 Å². The third kappa shape index (κ3) is 4.85. The Balaban J connectivity index is 1.74. The highest BCUT2D eigenvalue weighted by atomic mass is 28.5. The predicted octanol–water partition coefficient (Wildman–Crippen LogP) is 4.76. The summed E-state index contributed by atoms with van der Waals surface area (Å²) in [7, 11) is -20.3. The zero-order chi connectivity index (χ0) is 23.3. The minimum Gasteiger partial charge on any atom is -0.416 e. The highest BCUT2D eigenvalue weighted by molar-refractivity contribution is 6.99. The number of hydrogen-bond acceptors (Lipinski definition) is 8. The first-order valence-electron chi connectivity index (χ1n) is 12.1. The molecule has 6 fully saturated rings. The predicted molar refractivity (Wildman–Crippen MR) is 140 cm³/mol. The molecular weight excluding hydrogens is 545 g/mol. The smallest absolute Gasteiger partial charge is 0.317 e. The molecule has 0 aliphatic carbocycles. The number of fused-ring (bicyclic) bond motifs is 4. The summed E-state index contributed by atoms with van der Waals surface area (Å²) in [5.41, 5.74) is 0. The van der Waals surface area contributed by atoms with E-state index in [1.807, 2.05) is 0 Å². The fourth-order valence-electron chi connectivity index (χ4n) is 6.45. The Morgan fingerprint density at radius 2 is 0.344 bits per heavy atom. The van der Waals surface area contributed by atoms with Gasteiger partial charge in [0.2, 0.25) is 0 Å². The second-order valence-electron chi connectivity index (χ2n) is 11.9. The maximum Gasteiger partial charge on any atom is 0.317 e. The molecule has 0 N–H and O–H groups in total. The van der Waals surface area contributed by atoms with Crippen LogP contribution in [0, 0.1) is 0 Å².